The molecule has 0 aliphatic carbocycles. The second-order valence-electron chi connectivity index (χ2n) is 9.70. The van der Waals surface area contributed by atoms with Crippen molar-refractivity contribution in [2.24, 2.45) is 0 Å². The highest BCUT2D eigenvalue weighted by Gasteiger charge is 2.19. The first-order valence-electron chi connectivity index (χ1n) is 12.9. The fraction of sp³-hybridized carbons (Fsp3) is 0.536. The quantitative estimate of drug-likeness (QED) is 0.573. The number of rotatable bonds is 9. The predicted molar refractivity (Wildman–Crippen MR) is 143 cm³/mol. The van der Waals surface area contributed by atoms with Crippen molar-refractivity contribution in [3.05, 3.63) is 53.1 Å². The van der Waals surface area contributed by atoms with Crippen LogP contribution in [0, 0.1) is 6.92 Å². The molecule has 8 nitrogen and oxygen atoms in total. The number of benzene rings is 2. The van der Waals surface area contributed by atoms with Crippen LogP contribution in [0.25, 0.3) is 0 Å². The van der Waals surface area contributed by atoms with Crippen molar-refractivity contribution >= 4 is 11.6 Å². The summed E-state index contributed by atoms with van der Waals surface area (Å²) in [7, 11) is 3.79. The lowest BCUT2D eigenvalue weighted by Crippen LogP contribution is -2.44. The maximum Gasteiger partial charge on any atom is 0.252 e. The molecule has 0 radical (unpaired) electrons. The minimum Gasteiger partial charge on any atom is -0.493 e. The van der Waals surface area contributed by atoms with Crippen molar-refractivity contribution in [1.29, 1.82) is 0 Å². The van der Waals surface area contributed by atoms with Gasteiger partial charge in [0.2, 0.25) is 0 Å². The van der Waals surface area contributed by atoms with E-state index in [9.17, 15) is 4.79 Å². The number of hydrogen-bond donors (Lipinski definition) is 1. The number of hydrogen-bond acceptors (Lipinski definition) is 7. The average molecular weight is 497 g/mol. The van der Waals surface area contributed by atoms with E-state index in [2.05, 4.69) is 33.1 Å². The van der Waals surface area contributed by atoms with E-state index >= 15 is 0 Å². The first-order valence-corrected chi connectivity index (χ1v) is 12.9. The van der Waals surface area contributed by atoms with Crippen molar-refractivity contribution in [1.82, 2.24) is 15.1 Å². The molecule has 2 aromatic carbocycles. The fourth-order valence-corrected chi connectivity index (χ4v) is 4.66. The molecule has 1 amide bonds. The van der Waals surface area contributed by atoms with Gasteiger partial charge in [-0.1, -0.05) is 12.1 Å². The Bertz CT molecular complexity index is 1020. The van der Waals surface area contributed by atoms with Gasteiger partial charge < -0.3 is 29.3 Å². The normalized spacial score (nSPS) is 18.1. The van der Waals surface area contributed by atoms with Crippen molar-refractivity contribution in [3.8, 4) is 11.5 Å². The lowest BCUT2D eigenvalue weighted by molar-refractivity contribution is 0.0321. The third-order valence-corrected chi connectivity index (χ3v) is 7.14. The van der Waals surface area contributed by atoms with Gasteiger partial charge in [-0.3, -0.25) is 9.69 Å². The lowest BCUT2D eigenvalue weighted by Gasteiger charge is -2.34. The van der Waals surface area contributed by atoms with Gasteiger partial charge >= 0.3 is 0 Å². The number of aryl methyl sites for hydroxylation is 1. The molecule has 1 atom stereocenters. The molecule has 8 heteroatoms. The number of piperazine rings is 1. The largest absolute Gasteiger partial charge is 0.493 e. The topological polar surface area (TPSA) is 66.5 Å². The van der Waals surface area contributed by atoms with Crippen molar-refractivity contribution in [3.63, 3.8) is 0 Å². The molecular weight excluding hydrogens is 456 g/mol. The molecule has 4 rings (SSSR count). The molecule has 1 N–H and O–H groups in total. The van der Waals surface area contributed by atoms with Crippen LogP contribution in [-0.2, 0) is 4.74 Å². The van der Waals surface area contributed by atoms with E-state index in [4.69, 9.17) is 14.2 Å². The lowest BCUT2D eigenvalue weighted by atomic mass is 10.0. The Morgan fingerprint density at radius 3 is 2.50 bits per heavy atom. The van der Waals surface area contributed by atoms with E-state index in [-0.39, 0.29) is 11.9 Å². The molecule has 0 unspecified atom stereocenters. The summed E-state index contributed by atoms with van der Waals surface area (Å²) in [6, 6.07) is 11.9. The van der Waals surface area contributed by atoms with Gasteiger partial charge in [0.25, 0.3) is 5.91 Å². The Labute approximate surface area is 215 Å². The molecular formula is C28H40N4O4. The van der Waals surface area contributed by atoms with Crippen LogP contribution in [0.5, 0.6) is 11.5 Å². The predicted octanol–water partition coefficient (Wildman–Crippen LogP) is 2.96. The van der Waals surface area contributed by atoms with E-state index in [0.717, 1.165) is 75.8 Å². The van der Waals surface area contributed by atoms with Crippen LogP contribution >= 0.6 is 0 Å². The maximum atomic E-state index is 13.3. The van der Waals surface area contributed by atoms with E-state index < -0.39 is 0 Å². The SMILES string of the molecule is COc1ccc([C@@H](C)NC(=O)c2cc(N3CCN(C)CC3)ccc2C)cc1OCCN1CCOCC1. The summed E-state index contributed by atoms with van der Waals surface area (Å²) >= 11 is 0. The van der Waals surface area contributed by atoms with Gasteiger partial charge in [0.05, 0.1) is 26.4 Å². The number of nitrogens with one attached hydrogen (secondary N) is 1. The summed E-state index contributed by atoms with van der Waals surface area (Å²) in [6.45, 7) is 12.8. The van der Waals surface area contributed by atoms with Crippen molar-refractivity contribution < 1.29 is 19.0 Å². The summed E-state index contributed by atoms with van der Waals surface area (Å²) in [5.74, 6) is 1.31. The number of anilines is 1. The number of carbonyl (C=O) groups excluding carboxylic acids is 1. The molecule has 2 fully saturated rings. The summed E-state index contributed by atoms with van der Waals surface area (Å²) in [5.41, 5.74) is 3.76. The third kappa shape index (κ3) is 6.69. The van der Waals surface area contributed by atoms with E-state index in [1.165, 1.54) is 0 Å². The van der Waals surface area contributed by atoms with Gasteiger partial charge in [-0.05, 0) is 56.3 Å². The smallest absolute Gasteiger partial charge is 0.252 e. The van der Waals surface area contributed by atoms with Crippen LogP contribution in [0.2, 0.25) is 0 Å². The van der Waals surface area contributed by atoms with Crippen LogP contribution in [-0.4, -0.2) is 95.5 Å². The van der Waals surface area contributed by atoms with E-state index in [0.29, 0.717) is 23.7 Å². The highest BCUT2D eigenvalue weighted by molar-refractivity contribution is 5.96. The summed E-state index contributed by atoms with van der Waals surface area (Å²) in [5, 5.41) is 3.18. The van der Waals surface area contributed by atoms with Gasteiger partial charge in [-0.15, -0.1) is 0 Å². The van der Waals surface area contributed by atoms with Crippen molar-refractivity contribution in [2.45, 2.75) is 19.9 Å². The highest BCUT2D eigenvalue weighted by Crippen LogP contribution is 2.31. The molecule has 2 saturated heterocycles. The van der Waals surface area contributed by atoms with Crippen LogP contribution in [0.1, 0.15) is 34.5 Å². The Hall–Kier alpha value is -2.81. The summed E-state index contributed by atoms with van der Waals surface area (Å²) < 4.78 is 17.0. The standard InChI is InChI=1S/C28H40N4O4/c1-21-5-7-24(32-11-9-30(3)10-12-32)20-25(21)28(33)29-22(2)23-6-8-26(34-4)27(19-23)36-18-15-31-13-16-35-17-14-31/h5-8,19-20,22H,9-18H2,1-4H3,(H,29,33)/t22-/m1/s1. The molecule has 0 spiro atoms. The first kappa shape index (κ1) is 26.3. The summed E-state index contributed by atoms with van der Waals surface area (Å²) in [6.07, 6.45) is 0. The zero-order valence-electron chi connectivity index (χ0n) is 22.1. The number of likely N-dealkylation sites (N-methyl/N-ethyl adjacent to an activating group) is 1. The Morgan fingerprint density at radius 2 is 1.78 bits per heavy atom. The maximum absolute atomic E-state index is 13.3. The number of morpholine rings is 1. The second-order valence-corrected chi connectivity index (χ2v) is 9.70. The number of nitrogens with zero attached hydrogens (tertiary/aromatic N) is 3. The third-order valence-electron chi connectivity index (χ3n) is 7.14. The molecule has 2 heterocycles. The van der Waals surface area contributed by atoms with Gasteiger partial charge in [0.1, 0.15) is 6.61 Å². The number of ether oxygens (including phenoxy) is 3. The van der Waals surface area contributed by atoms with Gasteiger partial charge in [0, 0.05) is 57.1 Å². The summed E-state index contributed by atoms with van der Waals surface area (Å²) in [4.78, 5) is 20.3. The Kier molecular flexibility index (Phi) is 9.07. The van der Waals surface area contributed by atoms with Crippen LogP contribution in [0.4, 0.5) is 5.69 Å². The minimum absolute atomic E-state index is 0.0680. The van der Waals surface area contributed by atoms with Crippen LogP contribution < -0.4 is 19.7 Å². The zero-order chi connectivity index (χ0) is 25.5. The second kappa shape index (κ2) is 12.4. The molecule has 0 saturated carbocycles. The molecule has 2 aromatic rings. The average Bonchev–Trinajstić information content (AvgIpc) is 2.90. The molecule has 2 aliphatic heterocycles. The molecule has 0 bridgehead atoms. The Morgan fingerprint density at radius 1 is 1.03 bits per heavy atom. The zero-order valence-corrected chi connectivity index (χ0v) is 22.1. The van der Waals surface area contributed by atoms with Gasteiger partial charge in [-0.25, -0.2) is 0 Å². The number of methoxy groups -OCH3 is 1. The molecule has 0 aromatic heterocycles. The molecule has 196 valence electrons. The van der Waals surface area contributed by atoms with Crippen molar-refractivity contribution in [2.75, 3.05) is 84.7 Å². The van der Waals surface area contributed by atoms with Crippen LogP contribution in [0.3, 0.4) is 0 Å². The molecule has 36 heavy (non-hydrogen) atoms. The highest BCUT2D eigenvalue weighted by atomic mass is 16.5. The number of amides is 1. The van der Waals surface area contributed by atoms with E-state index in [1.807, 2.05) is 44.2 Å². The fourth-order valence-electron chi connectivity index (χ4n) is 4.66. The monoisotopic (exact) mass is 496 g/mol. The van der Waals surface area contributed by atoms with E-state index in [1.54, 1.807) is 7.11 Å². The van der Waals surface area contributed by atoms with Gasteiger partial charge in [0.15, 0.2) is 11.5 Å². The minimum atomic E-state index is -0.184. The number of carbonyl (C=O) groups is 1. The Balaban J connectivity index is 1.40. The first-order chi connectivity index (χ1) is 17.4. The van der Waals surface area contributed by atoms with Gasteiger partial charge in [-0.2, -0.15) is 0 Å². The van der Waals surface area contributed by atoms with Crippen LogP contribution in [0.15, 0.2) is 36.4 Å². The molecule has 2 aliphatic rings.